The normalized spacial score (nSPS) is 14.8. The molecule has 106 valence electrons. The molecular weight excluding hydrogens is 336 g/mol. The molecule has 6 heteroatoms. The average Bonchev–Trinajstić information content (AvgIpc) is 3.09. The van der Waals surface area contributed by atoms with Gasteiger partial charge in [-0.1, -0.05) is 0 Å². The van der Waals surface area contributed by atoms with Crippen LogP contribution in [0, 0.1) is 0 Å². The van der Waals surface area contributed by atoms with E-state index in [9.17, 15) is 0 Å². The van der Waals surface area contributed by atoms with Crippen molar-refractivity contribution < 1.29 is 21.5 Å². The Hall–Kier alpha value is -1.27. The van der Waals surface area contributed by atoms with Gasteiger partial charge in [-0.25, -0.2) is 4.57 Å². The lowest BCUT2D eigenvalue weighted by Gasteiger charge is -2.16. The summed E-state index contributed by atoms with van der Waals surface area (Å²) in [6.07, 6.45) is 4.59. The first kappa shape index (κ1) is 15.1. The Morgan fingerprint density at radius 2 is 1.80 bits per heavy atom. The number of halogens is 1. The second kappa shape index (κ2) is 6.95. The standard InChI is InChI=1S/C14H17N4S.BrH/c1-17-10-11-19-14(17)16-15-12-4-6-13(7-5-12)18-8-2-3-9-18;/h4-7,10-11H,2-3,8-9H2,1H3;1H/q+1;/p-1. The lowest BCUT2D eigenvalue weighted by atomic mass is 10.2. The van der Waals surface area contributed by atoms with Gasteiger partial charge in [0.15, 0.2) is 0 Å². The predicted molar refractivity (Wildman–Crippen MR) is 77.6 cm³/mol. The van der Waals surface area contributed by atoms with Crippen LogP contribution in [-0.4, -0.2) is 13.1 Å². The van der Waals surface area contributed by atoms with Crippen LogP contribution in [0.4, 0.5) is 16.5 Å². The molecule has 1 aromatic heterocycles. The van der Waals surface area contributed by atoms with E-state index >= 15 is 0 Å². The zero-order valence-corrected chi connectivity index (χ0v) is 13.8. The fraction of sp³-hybridized carbons (Fsp3) is 0.357. The summed E-state index contributed by atoms with van der Waals surface area (Å²) in [7, 11) is 1.97. The van der Waals surface area contributed by atoms with E-state index in [4.69, 9.17) is 0 Å². The molecule has 0 atom stereocenters. The fourth-order valence-corrected chi connectivity index (χ4v) is 2.91. The number of nitrogens with zero attached hydrogens (tertiary/aromatic N) is 4. The third kappa shape index (κ3) is 3.43. The molecule has 0 bridgehead atoms. The second-order valence-electron chi connectivity index (χ2n) is 4.71. The lowest BCUT2D eigenvalue weighted by molar-refractivity contribution is -0.654. The molecule has 3 rings (SSSR count). The van der Waals surface area contributed by atoms with Crippen LogP contribution >= 0.6 is 11.3 Å². The van der Waals surface area contributed by atoms with Crippen molar-refractivity contribution in [1.29, 1.82) is 0 Å². The Morgan fingerprint density at radius 3 is 2.40 bits per heavy atom. The number of anilines is 1. The van der Waals surface area contributed by atoms with Crippen LogP contribution in [-0.2, 0) is 7.05 Å². The average molecular weight is 353 g/mol. The van der Waals surface area contributed by atoms with Crippen LogP contribution in [0.5, 0.6) is 0 Å². The van der Waals surface area contributed by atoms with Crippen LogP contribution in [0.2, 0.25) is 0 Å². The molecule has 0 saturated carbocycles. The molecule has 2 heterocycles. The Kier molecular flexibility index (Phi) is 5.25. The zero-order valence-electron chi connectivity index (χ0n) is 11.4. The summed E-state index contributed by atoms with van der Waals surface area (Å²) in [5, 5.41) is 11.4. The van der Waals surface area contributed by atoms with Crippen LogP contribution in [0.25, 0.3) is 0 Å². The first-order valence-corrected chi connectivity index (χ1v) is 7.41. The second-order valence-corrected chi connectivity index (χ2v) is 5.58. The van der Waals surface area contributed by atoms with Crippen molar-refractivity contribution in [3.05, 3.63) is 35.8 Å². The minimum absolute atomic E-state index is 0. The summed E-state index contributed by atoms with van der Waals surface area (Å²) < 4.78 is 1.97. The number of thiazole rings is 1. The van der Waals surface area contributed by atoms with Gasteiger partial charge < -0.3 is 21.9 Å². The molecule has 0 aliphatic carbocycles. The highest BCUT2D eigenvalue weighted by Crippen LogP contribution is 2.24. The van der Waals surface area contributed by atoms with Gasteiger partial charge in [0.2, 0.25) is 0 Å². The van der Waals surface area contributed by atoms with Crippen LogP contribution in [0.1, 0.15) is 12.8 Å². The van der Waals surface area contributed by atoms with Gasteiger partial charge in [0.05, 0.1) is 12.2 Å². The third-order valence-electron chi connectivity index (χ3n) is 3.33. The maximum absolute atomic E-state index is 4.27. The van der Waals surface area contributed by atoms with E-state index in [2.05, 4.69) is 27.3 Å². The Labute approximate surface area is 133 Å². The maximum atomic E-state index is 4.27. The number of benzene rings is 1. The van der Waals surface area contributed by atoms with E-state index < -0.39 is 0 Å². The monoisotopic (exact) mass is 352 g/mol. The van der Waals surface area contributed by atoms with Gasteiger partial charge in [-0.2, -0.15) is 0 Å². The molecule has 1 saturated heterocycles. The van der Waals surface area contributed by atoms with Crippen molar-refractivity contribution in [1.82, 2.24) is 0 Å². The molecule has 1 aliphatic rings. The molecule has 0 unspecified atom stereocenters. The molecule has 0 spiro atoms. The molecular formula is C14H17BrN4S. The van der Waals surface area contributed by atoms with Gasteiger partial charge in [-0.3, -0.25) is 0 Å². The first-order valence-electron chi connectivity index (χ1n) is 6.53. The fourth-order valence-electron chi connectivity index (χ4n) is 2.23. The summed E-state index contributed by atoms with van der Waals surface area (Å²) in [6, 6.07) is 8.33. The van der Waals surface area contributed by atoms with E-state index in [0.29, 0.717) is 0 Å². The minimum atomic E-state index is 0. The van der Waals surface area contributed by atoms with Crippen molar-refractivity contribution >= 4 is 27.8 Å². The van der Waals surface area contributed by atoms with E-state index in [0.717, 1.165) is 10.8 Å². The largest absolute Gasteiger partial charge is 1.00 e. The summed E-state index contributed by atoms with van der Waals surface area (Å²) in [4.78, 5) is 2.42. The molecule has 20 heavy (non-hydrogen) atoms. The number of aromatic nitrogens is 1. The minimum Gasteiger partial charge on any atom is -1.00 e. The molecule has 0 amide bonds. The number of rotatable bonds is 3. The summed E-state index contributed by atoms with van der Waals surface area (Å²) in [5.41, 5.74) is 2.19. The zero-order chi connectivity index (χ0) is 13.1. The van der Waals surface area contributed by atoms with Crippen LogP contribution < -0.4 is 26.4 Å². The van der Waals surface area contributed by atoms with Crippen molar-refractivity contribution in [2.75, 3.05) is 18.0 Å². The SMILES string of the molecule is C[n+]1ccsc1N=Nc1ccc(N2CCCC2)cc1.[Br-]. The van der Waals surface area contributed by atoms with Crippen molar-refractivity contribution in [3.8, 4) is 0 Å². The van der Waals surface area contributed by atoms with Gasteiger partial charge in [-0.15, -0.1) is 0 Å². The number of azo groups is 1. The summed E-state index contributed by atoms with van der Waals surface area (Å²) in [5.74, 6) is 0. The van der Waals surface area contributed by atoms with E-state index in [-0.39, 0.29) is 17.0 Å². The molecule has 2 aromatic rings. The van der Waals surface area contributed by atoms with Crippen molar-refractivity contribution in [2.45, 2.75) is 12.8 Å². The van der Waals surface area contributed by atoms with Gasteiger partial charge >= 0.3 is 5.13 Å². The number of aryl methyl sites for hydroxylation is 1. The van der Waals surface area contributed by atoms with Gasteiger partial charge in [0.25, 0.3) is 0 Å². The van der Waals surface area contributed by atoms with E-state index in [1.165, 1.54) is 31.6 Å². The lowest BCUT2D eigenvalue weighted by Crippen LogP contribution is -3.00. The highest BCUT2D eigenvalue weighted by molar-refractivity contribution is 7.12. The van der Waals surface area contributed by atoms with Crippen LogP contribution in [0.3, 0.4) is 0 Å². The topological polar surface area (TPSA) is 31.8 Å². The van der Waals surface area contributed by atoms with Gasteiger partial charge in [0, 0.05) is 24.2 Å². The molecule has 4 nitrogen and oxygen atoms in total. The molecule has 1 aromatic carbocycles. The molecule has 1 aliphatic heterocycles. The first-order chi connectivity index (χ1) is 9.33. The highest BCUT2D eigenvalue weighted by atomic mass is 79.9. The van der Waals surface area contributed by atoms with E-state index in [1.807, 2.05) is 35.3 Å². The number of hydrogen-bond donors (Lipinski definition) is 0. The maximum Gasteiger partial charge on any atom is 0.408 e. The Morgan fingerprint density at radius 1 is 1.10 bits per heavy atom. The third-order valence-corrected chi connectivity index (χ3v) is 4.17. The quantitative estimate of drug-likeness (QED) is 0.587. The predicted octanol–water partition coefficient (Wildman–Crippen LogP) is 0.592. The van der Waals surface area contributed by atoms with Crippen LogP contribution in [0.15, 0.2) is 46.1 Å². The highest BCUT2D eigenvalue weighted by Gasteiger charge is 2.12. The molecule has 0 N–H and O–H groups in total. The van der Waals surface area contributed by atoms with Gasteiger partial charge in [0.1, 0.15) is 11.9 Å². The van der Waals surface area contributed by atoms with E-state index in [1.54, 1.807) is 11.3 Å². The summed E-state index contributed by atoms with van der Waals surface area (Å²) in [6.45, 7) is 2.35. The Balaban J connectivity index is 0.00000147. The Bertz CT molecular complexity index is 573. The number of hydrogen-bond acceptors (Lipinski definition) is 4. The van der Waals surface area contributed by atoms with Gasteiger partial charge in [-0.05, 0) is 53.6 Å². The summed E-state index contributed by atoms with van der Waals surface area (Å²) >= 11 is 1.59. The molecule has 1 fully saturated rings. The molecule has 0 radical (unpaired) electrons. The van der Waals surface area contributed by atoms with Crippen molar-refractivity contribution in [2.24, 2.45) is 17.3 Å². The van der Waals surface area contributed by atoms with Crippen molar-refractivity contribution in [3.63, 3.8) is 0 Å². The smallest absolute Gasteiger partial charge is 0.408 e.